The van der Waals surface area contributed by atoms with E-state index in [1.54, 1.807) is 0 Å². The molecule has 3 heteroatoms. The lowest BCUT2D eigenvalue weighted by Crippen LogP contribution is -2.04. The lowest BCUT2D eigenvalue weighted by molar-refractivity contribution is 0.314. The fourth-order valence-electron chi connectivity index (χ4n) is 2.09. The molecule has 0 radical (unpaired) electrons. The highest BCUT2D eigenvalue weighted by Crippen LogP contribution is 2.24. The second-order valence-electron chi connectivity index (χ2n) is 5.00. The van der Waals surface area contributed by atoms with Gasteiger partial charge in [-0.2, -0.15) is 0 Å². The Hall–Kier alpha value is -1.67. The normalized spacial score (nSPS) is 10.4. The number of hydrogen-bond donors (Lipinski definition) is 1. The molecule has 112 valence electrons. The van der Waals surface area contributed by atoms with Crippen LogP contribution in [0.5, 0.6) is 5.75 Å². The molecule has 0 saturated carbocycles. The Morgan fingerprint density at radius 2 is 1.81 bits per heavy atom. The minimum Gasteiger partial charge on any atom is -0.493 e. The van der Waals surface area contributed by atoms with E-state index < -0.39 is 0 Å². The summed E-state index contributed by atoms with van der Waals surface area (Å²) < 4.78 is 5.77. The van der Waals surface area contributed by atoms with E-state index >= 15 is 0 Å². The maximum Gasteiger partial charge on any atom is 0.124 e. The lowest BCUT2D eigenvalue weighted by Gasteiger charge is -2.13. The monoisotopic (exact) mass is 303 g/mol. The molecular weight excluding hydrogens is 282 g/mol. The molecule has 2 rings (SSSR count). The summed E-state index contributed by atoms with van der Waals surface area (Å²) in [6.07, 6.45) is 2.05. The van der Waals surface area contributed by atoms with Gasteiger partial charge < -0.3 is 10.1 Å². The highest BCUT2D eigenvalue weighted by molar-refractivity contribution is 6.30. The van der Waals surface area contributed by atoms with Crippen LogP contribution in [0, 0.1) is 0 Å². The third-order valence-electron chi connectivity index (χ3n) is 3.33. The first-order valence-electron chi connectivity index (χ1n) is 7.47. The molecule has 0 aliphatic rings. The van der Waals surface area contributed by atoms with Crippen molar-refractivity contribution in [2.75, 3.05) is 11.9 Å². The number of ether oxygens (including phenoxy) is 1. The van der Waals surface area contributed by atoms with Crippen molar-refractivity contribution in [1.29, 1.82) is 0 Å². The van der Waals surface area contributed by atoms with Crippen LogP contribution in [0.25, 0.3) is 0 Å². The first-order chi connectivity index (χ1) is 10.2. The first kappa shape index (κ1) is 15.7. The van der Waals surface area contributed by atoms with Gasteiger partial charge in [0.15, 0.2) is 0 Å². The molecule has 0 spiro atoms. The predicted molar refractivity (Wildman–Crippen MR) is 90.4 cm³/mol. The van der Waals surface area contributed by atoms with Crippen LogP contribution in [0.15, 0.2) is 42.5 Å². The molecule has 21 heavy (non-hydrogen) atoms. The SMILES string of the molecule is CCCOc1ccc(Cl)cc1CNc1ccc(CC)cc1. The Balaban J connectivity index is 2.05. The van der Waals surface area contributed by atoms with E-state index in [0.717, 1.165) is 41.5 Å². The van der Waals surface area contributed by atoms with Gasteiger partial charge in [0.1, 0.15) is 5.75 Å². The van der Waals surface area contributed by atoms with E-state index in [-0.39, 0.29) is 0 Å². The largest absolute Gasteiger partial charge is 0.493 e. The van der Waals surface area contributed by atoms with Gasteiger partial charge in [-0.1, -0.05) is 37.6 Å². The number of hydrogen-bond acceptors (Lipinski definition) is 2. The van der Waals surface area contributed by atoms with Gasteiger partial charge in [-0.05, 0) is 48.7 Å². The van der Waals surface area contributed by atoms with Crippen LogP contribution in [0.4, 0.5) is 5.69 Å². The first-order valence-corrected chi connectivity index (χ1v) is 7.84. The van der Waals surface area contributed by atoms with E-state index in [0.29, 0.717) is 6.54 Å². The van der Waals surface area contributed by atoms with Crippen molar-refractivity contribution in [3.05, 3.63) is 58.6 Å². The Morgan fingerprint density at radius 3 is 2.48 bits per heavy atom. The van der Waals surface area contributed by atoms with Crippen molar-refractivity contribution in [2.24, 2.45) is 0 Å². The molecule has 0 unspecified atom stereocenters. The third kappa shape index (κ3) is 4.68. The van der Waals surface area contributed by atoms with E-state index in [2.05, 4.69) is 43.4 Å². The van der Waals surface area contributed by atoms with Gasteiger partial charge in [-0.3, -0.25) is 0 Å². The van der Waals surface area contributed by atoms with Crippen LogP contribution in [0.1, 0.15) is 31.4 Å². The van der Waals surface area contributed by atoms with Crippen molar-refractivity contribution in [2.45, 2.75) is 33.2 Å². The fraction of sp³-hybridized carbons (Fsp3) is 0.333. The standard InChI is InChI=1S/C18H22ClNO/c1-3-11-21-18-10-7-16(19)12-15(18)13-20-17-8-5-14(4-2)6-9-17/h5-10,12,20H,3-4,11,13H2,1-2H3. The lowest BCUT2D eigenvalue weighted by atomic mass is 10.1. The highest BCUT2D eigenvalue weighted by atomic mass is 35.5. The summed E-state index contributed by atoms with van der Waals surface area (Å²) in [5.41, 5.74) is 3.53. The summed E-state index contributed by atoms with van der Waals surface area (Å²) in [7, 11) is 0. The summed E-state index contributed by atoms with van der Waals surface area (Å²) in [6, 6.07) is 14.3. The Bertz CT molecular complexity index is 566. The van der Waals surface area contributed by atoms with E-state index in [1.165, 1.54) is 5.56 Å². The van der Waals surface area contributed by atoms with Crippen molar-refractivity contribution in [3.8, 4) is 5.75 Å². The van der Waals surface area contributed by atoms with Gasteiger partial charge in [-0.25, -0.2) is 0 Å². The zero-order valence-electron chi connectivity index (χ0n) is 12.7. The topological polar surface area (TPSA) is 21.3 Å². The number of anilines is 1. The minimum atomic E-state index is 0.699. The summed E-state index contributed by atoms with van der Waals surface area (Å²) in [5.74, 6) is 0.902. The molecule has 2 aromatic carbocycles. The number of halogens is 1. The fourth-order valence-corrected chi connectivity index (χ4v) is 2.29. The average molecular weight is 304 g/mol. The molecule has 1 N–H and O–H groups in total. The van der Waals surface area contributed by atoms with Crippen LogP contribution < -0.4 is 10.1 Å². The molecule has 0 amide bonds. The van der Waals surface area contributed by atoms with Crippen molar-refractivity contribution < 1.29 is 4.74 Å². The van der Waals surface area contributed by atoms with Crippen molar-refractivity contribution >= 4 is 17.3 Å². The highest BCUT2D eigenvalue weighted by Gasteiger charge is 2.05. The number of benzene rings is 2. The van der Waals surface area contributed by atoms with Crippen molar-refractivity contribution in [3.63, 3.8) is 0 Å². The Morgan fingerprint density at radius 1 is 1.05 bits per heavy atom. The summed E-state index contributed by atoms with van der Waals surface area (Å²) >= 11 is 6.09. The molecule has 0 heterocycles. The summed E-state index contributed by atoms with van der Waals surface area (Å²) in [4.78, 5) is 0. The molecular formula is C18H22ClNO. The Kier molecular flexibility index (Phi) is 5.94. The maximum atomic E-state index is 6.09. The molecule has 0 bridgehead atoms. The van der Waals surface area contributed by atoms with E-state index in [4.69, 9.17) is 16.3 Å². The van der Waals surface area contributed by atoms with Gasteiger partial charge >= 0.3 is 0 Å². The molecule has 2 aromatic rings. The van der Waals surface area contributed by atoms with Crippen LogP contribution in [-0.2, 0) is 13.0 Å². The molecule has 0 aliphatic heterocycles. The van der Waals surface area contributed by atoms with E-state index in [1.807, 2.05) is 18.2 Å². The second-order valence-corrected chi connectivity index (χ2v) is 5.44. The van der Waals surface area contributed by atoms with Gasteiger partial charge in [0, 0.05) is 22.8 Å². The second kappa shape index (κ2) is 7.94. The Labute approximate surface area is 132 Å². The van der Waals surface area contributed by atoms with Crippen LogP contribution in [0.2, 0.25) is 5.02 Å². The van der Waals surface area contributed by atoms with Gasteiger partial charge in [0.2, 0.25) is 0 Å². The number of rotatable bonds is 7. The number of aryl methyl sites for hydroxylation is 1. The number of nitrogens with one attached hydrogen (secondary N) is 1. The predicted octanol–water partition coefficient (Wildman–Crippen LogP) is 5.30. The minimum absolute atomic E-state index is 0.699. The van der Waals surface area contributed by atoms with E-state index in [9.17, 15) is 0 Å². The molecule has 0 fully saturated rings. The molecule has 2 nitrogen and oxygen atoms in total. The van der Waals surface area contributed by atoms with Gasteiger partial charge in [-0.15, -0.1) is 0 Å². The van der Waals surface area contributed by atoms with Crippen LogP contribution >= 0.6 is 11.6 Å². The smallest absolute Gasteiger partial charge is 0.124 e. The molecule has 0 atom stereocenters. The third-order valence-corrected chi connectivity index (χ3v) is 3.56. The molecule has 0 saturated heterocycles. The average Bonchev–Trinajstić information content (AvgIpc) is 2.52. The quantitative estimate of drug-likeness (QED) is 0.749. The van der Waals surface area contributed by atoms with Crippen LogP contribution in [-0.4, -0.2) is 6.61 Å². The zero-order chi connectivity index (χ0) is 15.1. The van der Waals surface area contributed by atoms with Crippen molar-refractivity contribution in [1.82, 2.24) is 0 Å². The molecule has 0 aliphatic carbocycles. The van der Waals surface area contributed by atoms with Gasteiger partial charge in [0.05, 0.1) is 6.61 Å². The van der Waals surface area contributed by atoms with Gasteiger partial charge in [0.25, 0.3) is 0 Å². The summed E-state index contributed by atoms with van der Waals surface area (Å²) in [6.45, 7) is 5.68. The molecule has 0 aromatic heterocycles. The zero-order valence-corrected chi connectivity index (χ0v) is 13.4. The maximum absolute atomic E-state index is 6.09. The van der Waals surface area contributed by atoms with Crippen LogP contribution in [0.3, 0.4) is 0 Å². The summed E-state index contributed by atoms with van der Waals surface area (Å²) in [5, 5.41) is 4.15.